The van der Waals surface area contributed by atoms with Gasteiger partial charge < -0.3 is 14.5 Å². The van der Waals surface area contributed by atoms with E-state index in [0.29, 0.717) is 17.5 Å². The number of fused-ring (bicyclic) bond motifs is 2. The van der Waals surface area contributed by atoms with E-state index in [1.54, 1.807) is 13.3 Å². The first kappa shape index (κ1) is 16.1. The highest BCUT2D eigenvalue weighted by molar-refractivity contribution is 7.84. The molecule has 0 spiro atoms. The Balaban J connectivity index is 1.64. The Morgan fingerprint density at radius 1 is 1.36 bits per heavy atom. The Morgan fingerprint density at radius 3 is 3.00 bits per heavy atom. The summed E-state index contributed by atoms with van der Waals surface area (Å²) in [6.07, 6.45) is 2.65. The maximum Gasteiger partial charge on any atom is 0.197 e. The van der Waals surface area contributed by atoms with Crippen molar-refractivity contribution in [3.63, 3.8) is 0 Å². The van der Waals surface area contributed by atoms with Gasteiger partial charge in [-0.2, -0.15) is 0 Å². The van der Waals surface area contributed by atoms with Gasteiger partial charge in [0.25, 0.3) is 0 Å². The number of nitrogens with one attached hydrogen (secondary N) is 1. The molecule has 3 heterocycles. The summed E-state index contributed by atoms with van der Waals surface area (Å²) >= 11 is 0. The molecule has 1 N–H and O–H groups in total. The van der Waals surface area contributed by atoms with Gasteiger partial charge in [0, 0.05) is 29.8 Å². The Morgan fingerprint density at radius 2 is 2.20 bits per heavy atom. The molecule has 0 bridgehead atoms. The number of ether oxygens (including phenoxy) is 2. The number of imidazole rings is 1. The Bertz CT molecular complexity index is 956. The van der Waals surface area contributed by atoms with Gasteiger partial charge in [-0.05, 0) is 25.5 Å². The van der Waals surface area contributed by atoms with Gasteiger partial charge in [-0.25, -0.2) is 4.98 Å². The quantitative estimate of drug-likeness (QED) is 0.777. The van der Waals surface area contributed by atoms with Crippen LogP contribution < -0.4 is 9.47 Å². The first-order chi connectivity index (χ1) is 12.1. The van der Waals surface area contributed by atoms with Crippen LogP contribution in [0.1, 0.15) is 22.4 Å². The largest absolute Gasteiger partial charge is 0.496 e. The van der Waals surface area contributed by atoms with Gasteiger partial charge >= 0.3 is 0 Å². The van der Waals surface area contributed by atoms with Gasteiger partial charge in [-0.1, -0.05) is 0 Å². The lowest BCUT2D eigenvalue weighted by Crippen LogP contribution is -2.05. The van der Waals surface area contributed by atoms with E-state index in [2.05, 4.69) is 15.0 Å². The number of H-pyrrole nitrogens is 1. The van der Waals surface area contributed by atoms with Crippen molar-refractivity contribution in [2.24, 2.45) is 0 Å². The van der Waals surface area contributed by atoms with Crippen LogP contribution in [0, 0.1) is 13.8 Å². The molecule has 0 amide bonds. The molecular weight excluding hydrogens is 338 g/mol. The summed E-state index contributed by atoms with van der Waals surface area (Å²) in [6, 6.07) is 3.94. The fourth-order valence-electron chi connectivity index (χ4n) is 3.18. The van der Waals surface area contributed by atoms with Crippen LogP contribution in [0.2, 0.25) is 0 Å². The molecule has 1 aliphatic heterocycles. The molecule has 3 aromatic rings. The Hall–Kier alpha value is -2.41. The van der Waals surface area contributed by atoms with Crippen LogP contribution in [0.5, 0.6) is 11.5 Å². The van der Waals surface area contributed by atoms with Crippen molar-refractivity contribution in [1.82, 2.24) is 15.0 Å². The lowest BCUT2D eigenvalue weighted by atomic mass is 10.1. The van der Waals surface area contributed by atoms with Crippen molar-refractivity contribution in [2.75, 3.05) is 13.7 Å². The fourth-order valence-corrected chi connectivity index (χ4v) is 4.28. The summed E-state index contributed by atoms with van der Waals surface area (Å²) in [5.41, 5.74) is 5.46. The molecular formula is C18H19N3O3S. The lowest BCUT2D eigenvalue weighted by Gasteiger charge is -2.11. The average Bonchev–Trinajstić information content (AvgIpc) is 3.21. The number of methoxy groups -OCH3 is 1. The zero-order valence-corrected chi connectivity index (χ0v) is 15.2. The summed E-state index contributed by atoms with van der Waals surface area (Å²) in [6.45, 7) is 4.59. The predicted octanol–water partition coefficient (Wildman–Crippen LogP) is 2.83. The third-order valence-corrected chi connectivity index (χ3v) is 5.66. The summed E-state index contributed by atoms with van der Waals surface area (Å²) < 4.78 is 23.8. The monoisotopic (exact) mass is 357 g/mol. The average molecular weight is 357 g/mol. The molecule has 1 atom stereocenters. The second-order valence-corrected chi connectivity index (χ2v) is 7.52. The number of benzene rings is 1. The number of aryl methyl sites for hydroxylation is 1. The second-order valence-electron chi connectivity index (χ2n) is 6.15. The third-order valence-electron chi connectivity index (χ3n) is 4.50. The summed E-state index contributed by atoms with van der Waals surface area (Å²) in [7, 11) is 0.319. The van der Waals surface area contributed by atoms with Crippen LogP contribution in [-0.2, 0) is 23.0 Å². The Kier molecular flexibility index (Phi) is 3.95. The van der Waals surface area contributed by atoms with Gasteiger partial charge in [0.15, 0.2) is 5.16 Å². The van der Waals surface area contributed by atoms with Gasteiger partial charge in [0.1, 0.15) is 11.5 Å². The minimum atomic E-state index is -1.32. The number of aromatic amines is 1. The predicted molar refractivity (Wildman–Crippen MR) is 95.7 cm³/mol. The molecule has 1 aliphatic rings. The summed E-state index contributed by atoms with van der Waals surface area (Å²) in [5, 5.41) is 0.458. The normalized spacial score (nSPS) is 14.4. The van der Waals surface area contributed by atoms with Crippen molar-refractivity contribution < 1.29 is 13.7 Å². The maximum absolute atomic E-state index is 12.8. The van der Waals surface area contributed by atoms with Gasteiger partial charge in [0.2, 0.25) is 0 Å². The van der Waals surface area contributed by atoms with E-state index in [1.807, 2.05) is 26.0 Å². The lowest BCUT2D eigenvalue weighted by molar-refractivity contribution is 0.357. The molecule has 0 saturated heterocycles. The third kappa shape index (κ3) is 2.78. The molecule has 1 unspecified atom stereocenters. The van der Waals surface area contributed by atoms with Crippen LogP contribution in [-0.4, -0.2) is 32.9 Å². The van der Waals surface area contributed by atoms with Crippen molar-refractivity contribution in [3.8, 4) is 11.5 Å². The second kappa shape index (κ2) is 6.15. The molecule has 0 radical (unpaired) electrons. The molecule has 0 saturated carbocycles. The summed E-state index contributed by atoms with van der Waals surface area (Å²) in [4.78, 5) is 12.1. The van der Waals surface area contributed by atoms with E-state index in [1.165, 1.54) is 0 Å². The minimum absolute atomic E-state index is 0.290. The standard InChI is InChI=1S/C18H19N3O3S/c1-10-8-19-15(11(2)17(10)23-3)9-25(22)18-20-13-6-12-4-5-24-16(12)7-14(13)21-18/h6-8H,4-5,9H2,1-3H3,(H,20,21). The molecule has 0 fully saturated rings. The van der Waals surface area contributed by atoms with E-state index in [9.17, 15) is 4.21 Å². The molecule has 0 aliphatic carbocycles. The fraction of sp³-hybridized carbons (Fsp3) is 0.333. The molecule has 1 aromatic carbocycles. The molecule has 130 valence electrons. The number of hydrogen-bond donors (Lipinski definition) is 1. The smallest absolute Gasteiger partial charge is 0.197 e. The highest BCUT2D eigenvalue weighted by atomic mass is 32.2. The van der Waals surface area contributed by atoms with Crippen LogP contribution in [0.15, 0.2) is 23.5 Å². The first-order valence-electron chi connectivity index (χ1n) is 8.09. The van der Waals surface area contributed by atoms with Crippen molar-refractivity contribution >= 4 is 21.8 Å². The van der Waals surface area contributed by atoms with E-state index < -0.39 is 10.8 Å². The van der Waals surface area contributed by atoms with Gasteiger partial charge in [-0.3, -0.25) is 9.19 Å². The first-order valence-corrected chi connectivity index (χ1v) is 9.41. The number of rotatable bonds is 4. The van der Waals surface area contributed by atoms with Crippen LogP contribution >= 0.6 is 0 Å². The van der Waals surface area contributed by atoms with Crippen LogP contribution in [0.4, 0.5) is 0 Å². The van der Waals surface area contributed by atoms with E-state index in [4.69, 9.17) is 9.47 Å². The molecule has 4 rings (SSSR count). The van der Waals surface area contributed by atoms with Crippen molar-refractivity contribution in [3.05, 3.63) is 40.7 Å². The molecule has 25 heavy (non-hydrogen) atoms. The van der Waals surface area contributed by atoms with E-state index in [-0.39, 0.29) is 0 Å². The van der Waals surface area contributed by atoms with Crippen LogP contribution in [0.25, 0.3) is 11.0 Å². The highest BCUT2D eigenvalue weighted by Crippen LogP contribution is 2.30. The zero-order chi connectivity index (χ0) is 17.6. The summed E-state index contributed by atoms with van der Waals surface area (Å²) in [5.74, 6) is 1.95. The van der Waals surface area contributed by atoms with Crippen molar-refractivity contribution in [1.29, 1.82) is 0 Å². The number of hydrogen-bond acceptors (Lipinski definition) is 5. The molecule has 7 heteroatoms. The number of aromatic nitrogens is 3. The molecule has 2 aromatic heterocycles. The number of nitrogens with zero attached hydrogens (tertiary/aromatic N) is 2. The van der Waals surface area contributed by atoms with Crippen molar-refractivity contribution in [2.45, 2.75) is 31.2 Å². The van der Waals surface area contributed by atoms with E-state index in [0.717, 1.165) is 51.3 Å². The highest BCUT2D eigenvalue weighted by Gasteiger charge is 2.18. The van der Waals surface area contributed by atoms with Crippen LogP contribution in [0.3, 0.4) is 0 Å². The Labute approximate surface area is 148 Å². The van der Waals surface area contributed by atoms with Gasteiger partial charge in [0.05, 0.1) is 47.0 Å². The number of pyridine rings is 1. The van der Waals surface area contributed by atoms with Gasteiger partial charge in [-0.15, -0.1) is 0 Å². The maximum atomic E-state index is 12.8. The minimum Gasteiger partial charge on any atom is -0.496 e. The van der Waals surface area contributed by atoms with E-state index >= 15 is 0 Å². The topological polar surface area (TPSA) is 77.1 Å². The molecule has 6 nitrogen and oxygen atoms in total. The SMILES string of the molecule is COc1c(C)cnc(CS(=O)c2nc3cc4c(cc3[nH]2)CCO4)c1C. The zero-order valence-electron chi connectivity index (χ0n) is 14.4.